The van der Waals surface area contributed by atoms with Crippen LogP contribution in [0.25, 0.3) is 0 Å². The molecule has 0 bridgehead atoms. The van der Waals surface area contributed by atoms with Gasteiger partial charge in [-0.15, -0.1) is 0 Å². The molecule has 10 atom stereocenters. The predicted octanol–water partition coefficient (Wildman–Crippen LogP) is -4.91. The molecule has 1 saturated heterocycles. The van der Waals surface area contributed by atoms with Crippen LogP contribution in [0.3, 0.4) is 0 Å². The predicted molar refractivity (Wildman–Crippen MR) is 231 cm³/mol. The Morgan fingerprint density at radius 2 is 1.02 bits per heavy atom. The molecule has 4 unspecified atom stereocenters. The molecule has 65 heavy (non-hydrogen) atoms. The van der Waals surface area contributed by atoms with E-state index in [9.17, 15) is 68.7 Å². The molecule has 1 aliphatic heterocycles. The molecule has 1 fully saturated rings. The number of hydrogen-bond acceptors (Lipinski definition) is 16. The first-order valence-electron chi connectivity index (χ1n) is 22.3. The molecule has 24 nitrogen and oxygen atoms in total. The van der Waals surface area contributed by atoms with Gasteiger partial charge in [-0.05, 0) is 45.6 Å². The third kappa shape index (κ3) is 21.7. The molecule has 0 aliphatic carbocycles. The average Bonchev–Trinajstić information content (AvgIpc) is 3.27. The highest BCUT2D eigenvalue weighted by atomic mass is 16.5. The van der Waals surface area contributed by atoms with E-state index in [1.54, 1.807) is 6.92 Å². The van der Waals surface area contributed by atoms with Crippen LogP contribution >= 0.6 is 0 Å². The third-order valence-corrected chi connectivity index (χ3v) is 10.6. The molecular weight excluding hydrogens is 858 g/mol. The zero-order valence-electron chi connectivity index (χ0n) is 37.9. The minimum absolute atomic E-state index is 0.0532. The fourth-order valence-electron chi connectivity index (χ4n) is 6.59. The number of ether oxygens (including phenoxy) is 1. The number of rotatable bonds is 18. The number of nitrogens with two attached hydrogens (primary N) is 1. The van der Waals surface area contributed by atoms with Crippen molar-refractivity contribution in [3.05, 3.63) is 0 Å². The minimum Gasteiger partial charge on any atom is -0.460 e. The zero-order chi connectivity index (χ0) is 49.1. The van der Waals surface area contributed by atoms with Crippen LogP contribution in [0.1, 0.15) is 105 Å². The summed E-state index contributed by atoms with van der Waals surface area (Å²) in [5.41, 5.74) is 5.64. The Morgan fingerprint density at radius 3 is 1.46 bits per heavy atom. The summed E-state index contributed by atoms with van der Waals surface area (Å²) in [7, 11) is 0. The van der Waals surface area contributed by atoms with Crippen molar-refractivity contribution in [3.63, 3.8) is 0 Å². The summed E-state index contributed by atoms with van der Waals surface area (Å²) in [5.74, 6) is -9.88. The first-order chi connectivity index (χ1) is 30.9. The van der Waals surface area contributed by atoms with E-state index in [-0.39, 0.29) is 25.3 Å². The molecule has 372 valence electrons. The van der Waals surface area contributed by atoms with Crippen molar-refractivity contribution in [2.75, 3.05) is 39.5 Å². The van der Waals surface area contributed by atoms with Crippen molar-refractivity contribution in [1.29, 1.82) is 0 Å². The third-order valence-electron chi connectivity index (χ3n) is 10.6. The quantitative estimate of drug-likeness (QED) is 0.0452. The van der Waals surface area contributed by atoms with Crippen molar-refractivity contribution in [3.8, 4) is 0 Å². The summed E-state index contributed by atoms with van der Waals surface area (Å²) in [6.07, 6.45) is 5.94. The Bertz CT molecular complexity index is 1560. The van der Waals surface area contributed by atoms with Crippen molar-refractivity contribution < 1.29 is 73.4 Å². The number of carbonyl (C=O) groups excluding carboxylic acids is 9. The highest BCUT2D eigenvalue weighted by Gasteiger charge is 2.35. The van der Waals surface area contributed by atoms with Gasteiger partial charge in [-0.3, -0.25) is 43.2 Å². The highest BCUT2D eigenvalue weighted by molar-refractivity contribution is 5.98. The summed E-state index contributed by atoms with van der Waals surface area (Å²) < 4.78 is 5.68. The van der Waals surface area contributed by atoms with Crippen LogP contribution in [0.2, 0.25) is 0 Å². The topological polar surface area (TPSA) is 386 Å². The number of esters is 1. The lowest BCUT2D eigenvalue weighted by Gasteiger charge is -2.27. The van der Waals surface area contributed by atoms with Gasteiger partial charge in [0.25, 0.3) is 0 Å². The average molecular weight is 932 g/mol. The monoisotopic (exact) mass is 932 g/mol. The first kappa shape index (κ1) is 58.0. The summed E-state index contributed by atoms with van der Waals surface area (Å²) >= 11 is 0. The number of nitrogens with one attached hydrogen (secondary N) is 8. The van der Waals surface area contributed by atoms with E-state index in [1.165, 1.54) is 13.3 Å². The normalized spacial score (nSPS) is 26.6. The van der Waals surface area contributed by atoms with E-state index in [4.69, 9.17) is 10.5 Å². The van der Waals surface area contributed by atoms with Crippen molar-refractivity contribution >= 4 is 53.2 Å². The molecule has 0 spiro atoms. The maximum absolute atomic E-state index is 13.4. The van der Waals surface area contributed by atoms with E-state index >= 15 is 0 Å². The fraction of sp³-hybridized carbons (Fsp3) is 0.780. The van der Waals surface area contributed by atoms with Crippen molar-refractivity contribution in [2.24, 2.45) is 11.7 Å². The van der Waals surface area contributed by atoms with Crippen molar-refractivity contribution in [2.45, 2.75) is 159 Å². The van der Waals surface area contributed by atoms with Crippen LogP contribution in [0.4, 0.5) is 0 Å². The minimum atomic E-state index is -1.86. The Hall–Kier alpha value is -5.01. The molecule has 1 aliphatic rings. The summed E-state index contributed by atoms with van der Waals surface area (Å²) in [6.45, 7) is 1.37. The maximum Gasteiger partial charge on any atom is 0.325 e. The van der Waals surface area contributed by atoms with Crippen LogP contribution in [-0.2, 0) is 47.9 Å². The van der Waals surface area contributed by atoms with Gasteiger partial charge in [0.1, 0.15) is 54.9 Å². The second-order valence-electron chi connectivity index (χ2n) is 16.2. The molecule has 0 aromatic heterocycles. The number of carbonyl (C=O) groups is 9. The first-order valence-corrected chi connectivity index (χ1v) is 22.3. The van der Waals surface area contributed by atoms with E-state index < -0.39 is 147 Å². The van der Waals surface area contributed by atoms with E-state index in [1.807, 2.05) is 5.32 Å². The van der Waals surface area contributed by atoms with Gasteiger partial charge in [-0.2, -0.15) is 0 Å². The molecule has 0 aromatic carbocycles. The molecule has 15 N–H and O–H groups in total. The number of unbranched alkanes of at least 4 members (excludes halogenated alkanes) is 7. The number of aliphatic hydroxyl groups is 5. The van der Waals surface area contributed by atoms with E-state index in [0.29, 0.717) is 6.42 Å². The second kappa shape index (κ2) is 31.8. The van der Waals surface area contributed by atoms with Crippen LogP contribution in [0.15, 0.2) is 0 Å². The van der Waals surface area contributed by atoms with Gasteiger partial charge >= 0.3 is 5.97 Å². The molecule has 0 saturated carbocycles. The lowest BCUT2D eigenvalue weighted by molar-refractivity contribution is -0.153. The SMILES string of the molecule is CCCCCCCCCC[C@@H](C)[C@@H]1CC(=O)N[C@@H](C)C(=O)N[C@@H](CCCN)C(=O)NC(CO)C(=O)NC(CO)C(=O)NC(CO)C(=O)NC(CO)C(=O)N[C@H]([C@@H](C)O)C(=O)NCC(=O)O1. The van der Waals surface area contributed by atoms with E-state index in [2.05, 4.69) is 44.1 Å². The van der Waals surface area contributed by atoms with E-state index in [0.717, 1.165) is 51.9 Å². The van der Waals surface area contributed by atoms with Gasteiger partial charge in [0, 0.05) is 0 Å². The standard InChI is InChI=1S/C41H73N9O15/c1-5-6-7-8-9-10-11-12-14-23(2)31-17-32(56)44-24(3)35(58)45-26(15-13-16-42)36(59)46-27(19-51)37(60)47-28(20-52)38(61)48-29(21-53)39(62)49-30(22-54)40(63)50-34(25(4)55)41(64)43-18-33(57)65-31/h23-31,34,51-55H,5-22,42H2,1-4H3,(H,43,64)(H,44,56)(H,45,58)(H,46,59)(H,47,60)(H,48,61)(H,49,62)(H,50,63)/t23-,24+,25-,26+,27?,28?,29?,30?,31+,34-/m1/s1. The van der Waals surface area contributed by atoms with Gasteiger partial charge in [0.2, 0.25) is 47.3 Å². The second-order valence-corrected chi connectivity index (χ2v) is 16.2. The van der Waals surface area contributed by atoms with Crippen LogP contribution in [-0.4, -0.2) is 173 Å². The summed E-state index contributed by atoms with van der Waals surface area (Å²) in [6, 6.07) is -11.7. The zero-order valence-corrected chi connectivity index (χ0v) is 37.9. The molecule has 0 radical (unpaired) electrons. The number of cyclic esters (lactones) is 1. The number of aliphatic hydroxyl groups excluding tert-OH is 5. The van der Waals surface area contributed by atoms with Gasteiger partial charge in [-0.25, -0.2) is 0 Å². The Balaban J connectivity index is 3.52. The smallest absolute Gasteiger partial charge is 0.325 e. The molecule has 8 amide bonds. The van der Waals surface area contributed by atoms with Crippen molar-refractivity contribution in [1.82, 2.24) is 42.5 Å². The molecule has 1 rings (SSSR count). The Labute approximate surface area is 379 Å². The van der Waals surface area contributed by atoms with Crippen LogP contribution in [0.5, 0.6) is 0 Å². The molecule has 0 aromatic rings. The Morgan fingerprint density at radius 1 is 0.585 bits per heavy atom. The van der Waals surface area contributed by atoms with Gasteiger partial charge in [0.15, 0.2) is 0 Å². The molecular formula is C41H73N9O15. The lowest BCUT2D eigenvalue weighted by Crippen LogP contribution is -2.62. The van der Waals surface area contributed by atoms with Gasteiger partial charge in [-0.1, -0.05) is 65.2 Å². The van der Waals surface area contributed by atoms with Crippen LogP contribution < -0.4 is 48.3 Å². The largest absolute Gasteiger partial charge is 0.460 e. The van der Waals surface area contributed by atoms with Crippen LogP contribution in [0, 0.1) is 5.92 Å². The maximum atomic E-state index is 13.4. The molecule has 1 heterocycles. The highest BCUT2D eigenvalue weighted by Crippen LogP contribution is 2.20. The van der Waals surface area contributed by atoms with Gasteiger partial charge < -0.3 is 78.5 Å². The fourth-order valence-corrected chi connectivity index (χ4v) is 6.59. The van der Waals surface area contributed by atoms with Gasteiger partial charge in [0.05, 0.1) is 39.0 Å². The number of amides is 8. The lowest BCUT2D eigenvalue weighted by atomic mass is 9.94. The summed E-state index contributed by atoms with van der Waals surface area (Å²) in [5, 5.41) is 67.9. The molecule has 24 heteroatoms. The summed E-state index contributed by atoms with van der Waals surface area (Å²) in [4.78, 5) is 119. The number of hydrogen-bond donors (Lipinski definition) is 14. The Kier molecular flexibility index (Phi) is 28.4.